The van der Waals surface area contributed by atoms with Crippen molar-refractivity contribution in [3.05, 3.63) is 84.4 Å². The van der Waals surface area contributed by atoms with E-state index in [4.69, 9.17) is 20.4 Å². The van der Waals surface area contributed by atoms with Crippen LogP contribution in [0.15, 0.2) is 78.3 Å². The number of hydrogen-bond donors (Lipinski definition) is 2. The van der Waals surface area contributed by atoms with Crippen molar-refractivity contribution < 1.29 is 4.74 Å². The van der Waals surface area contributed by atoms with E-state index in [1.54, 1.807) is 30.1 Å². The molecule has 3 heterocycles. The smallest absolute Gasteiger partial charge is 0.196 e. The Morgan fingerprint density at radius 2 is 2.05 bits per heavy atom. The van der Waals surface area contributed by atoms with Gasteiger partial charge in [0.1, 0.15) is 11.8 Å². The number of nitrogens with zero attached hydrogens (tertiary/aromatic N) is 7. The number of hydrogen-bond acceptors (Lipinski definition) is 7. The number of benzene rings is 1. The van der Waals surface area contributed by atoms with Crippen LogP contribution in [0.25, 0.3) is 11.3 Å². The number of aryl methyl sites for hydroxylation is 1. The number of aromatic nitrogens is 4. The van der Waals surface area contributed by atoms with Gasteiger partial charge in [-0.2, -0.15) is 10.4 Å². The SMILES string of the molecule is CCC[C@@H](CCC/C=N\c1ccc(C#N)cn1)N(C(=N)NCc1cccc(OC)c1)c1ccc(-c2cnn(C)c2)nc1. The van der Waals surface area contributed by atoms with Crippen molar-refractivity contribution in [2.45, 2.75) is 51.6 Å². The number of nitrogens with one attached hydrogen (secondary N) is 2. The number of unbranched alkanes of at least 4 members (excludes halogenated alkanes) is 1. The molecule has 0 radical (unpaired) electrons. The molecule has 42 heavy (non-hydrogen) atoms. The second kappa shape index (κ2) is 15.1. The molecule has 1 atom stereocenters. The van der Waals surface area contributed by atoms with Crippen LogP contribution in [-0.4, -0.2) is 45.1 Å². The lowest BCUT2D eigenvalue weighted by Crippen LogP contribution is -2.47. The van der Waals surface area contributed by atoms with E-state index in [0.29, 0.717) is 23.9 Å². The summed E-state index contributed by atoms with van der Waals surface area (Å²) in [6.07, 6.45) is 13.4. The Morgan fingerprint density at radius 1 is 1.17 bits per heavy atom. The monoisotopic (exact) mass is 563 g/mol. The van der Waals surface area contributed by atoms with Gasteiger partial charge >= 0.3 is 0 Å². The van der Waals surface area contributed by atoms with Crippen LogP contribution in [0.4, 0.5) is 11.5 Å². The molecule has 1 aromatic carbocycles. The van der Waals surface area contributed by atoms with Crippen LogP contribution in [0.2, 0.25) is 0 Å². The second-order valence-corrected chi connectivity index (χ2v) is 9.93. The first-order valence-corrected chi connectivity index (χ1v) is 14.1. The first kappa shape index (κ1) is 29.9. The lowest BCUT2D eigenvalue weighted by Gasteiger charge is -2.34. The average Bonchev–Trinajstić information content (AvgIpc) is 3.46. The van der Waals surface area contributed by atoms with Gasteiger partial charge in [-0.15, -0.1) is 0 Å². The molecule has 2 N–H and O–H groups in total. The molecule has 0 aliphatic heterocycles. The highest BCUT2D eigenvalue weighted by atomic mass is 16.5. The lowest BCUT2D eigenvalue weighted by atomic mass is 10.0. The minimum absolute atomic E-state index is 0.0905. The minimum atomic E-state index is 0.0905. The van der Waals surface area contributed by atoms with Crippen molar-refractivity contribution >= 4 is 23.7 Å². The topological polar surface area (TPSA) is 128 Å². The fourth-order valence-corrected chi connectivity index (χ4v) is 4.70. The maximum atomic E-state index is 9.11. The highest BCUT2D eigenvalue weighted by Crippen LogP contribution is 2.25. The number of methoxy groups -OCH3 is 1. The zero-order valence-electron chi connectivity index (χ0n) is 24.4. The maximum Gasteiger partial charge on any atom is 0.196 e. The Balaban J connectivity index is 1.49. The minimum Gasteiger partial charge on any atom is -0.497 e. The van der Waals surface area contributed by atoms with Gasteiger partial charge in [0.2, 0.25) is 0 Å². The molecule has 0 aliphatic rings. The number of nitriles is 1. The van der Waals surface area contributed by atoms with E-state index in [-0.39, 0.29) is 6.04 Å². The van der Waals surface area contributed by atoms with Gasteiger partial charge in [-0.3, -0.25) is 15.1 Å². The van der Waals surface area contributed by atoms with Crippen molar-refractivity contribution in [1.29, 1.82) is 10.7 Å². The number of pyridine rings is 2. The number of guanidine groups is 1. The fourth-order valence-electron chi connectivity index (χ4n) is 4.70. The van der Waals surface area contributed by atoms with Crippen molar-refractivity contribution in [3.8, 4) is 23.1 Å². The van der Waals surface area contributed by atoms with Crippen molar-refractivity contribution in [3.63, 3.8) is 0 Å². The molecule has 10 nitrogen and oxygen atoms in total. The summed E-state index contributed by atoms with van der Waals surface area (Å²) in [6.45, 7) is 2.66. The van der Waals surface area contributed by atoms with Crippen LogP contribution in [0.5, 0.6) is 5.75 Å². The third-order valence-corrected chi connectivity index (χ3v) is 6.82. The molecule has 3 aromatic heterocycles. The molecule has 0 spiro atoms. The van der Waals surface area contributed by atoms with Gasteiger partial charge in [-0.25, -0.2) is 9.98 Å². The number of anilines is 1. The first-order chi connectivity index (χ1) is 20.5. The van der Waals surface area contributed by atoms with E-state index < -0.39 is 0 Å². The Kier molecular flexibility index (Phi) is 10.8. The zero-order valence-corrected chi connectivity index (χ0v) is 24.4. The van der Waals surface area contributed by atoms with Gasteiger partial charge in [-0.05, 0) is 67.6 Å². The van der Waals surface area contributed by atoms with Crippen LogP contribution < -0.4 is 15.0 Å². The molecule has 4 rings (SSSR count). The first-order valence-electron chi connectivity index (χ1n) is 14.1. The van der Waals surface area contributed by atoms with E-state index in [9.17, 15) is 0 Å². The number of ether oxygens (including phenoxy) is 1. The summed E-state index contributed by atoms with van der Waals surface area (Å²) in [5.74, 6) is 1.70. The molecule has 0 saturated carbocycles. The Hall–Kier alpha value is -5.04. The van der Waals surface area contributed by atoms with Crippen LogP contribution >= 0.6 is 0 Å². The molecule has 0 aliphatic carbocycles. The van der Waals surface area contributed by atoms with Gasteiger partial charge in [0, 0.05) is 43.8 Å². The number of aliphatic imine (C=N–C) groups is 1. The largest absolute Gasteiger partial charge is 0.497 e. The molecule has 0 unspecified atom stereocenters. The molecular formula is C32H37N9O. The van der Waals surface area contributed by atoms with Crippen molar-refractivity contribution in [1.82, 2.24) is 25.1 Å². The highest BCUT2D eigenvalue weighted by molar-refractivity contribution is 5.94. The molecular weight excluding hydrogens is 526 g/mol. The summed E-state index contributed by atoms with van der Waals surface area (Å²) < 4.78 is 7.12. The molecule has 216 valence electrons. The van der Waals surface area contributed by atoms with Crippen LogP contribution in [-0.2, 0) is 13.6 Å². The molecule has 0 saturated heterocycles. The summed E-state index contributed by atoms with van der Waals surface area (Å²) in [6, 6.07) is 17.5. The van der Waals surface area contributed by atoms with Crippen LogP contribution in [0.1, 0.15) is 50.2 Å². The zero-order chi connectivity index (χ0) is 29.7. The van der Waals surface area contributed by atoms with Crippen LogP contribution in [0, 0.1) is 16.7 Å². The number of rotatable bonds is 13. The van der Waals surface area contributed by atoms with E-state index in [1.165, 1.54) is 6.20 Å². The third-order valence-electron chi connectivity index (χ3n) is 6.82. The summed E-state index contributed by atoms with van der Waals surface area (Å²) in [4.78, 5) is 15.4. The summed E-state index contributed by atoms with van der Waals surface area (Å²) >= 11 is 0. The predicted molar refractivity (Wildman–Crippen MR) is 166 cm³/mol. The van der Waals surface area contributed by atoms with E-state index in [1.807, 2.05) is 62.1 Å². The van der Waals surface area contributed by atoms with Gasteiger partial charge < -0.3 is 15.0 Å². The molecule has 0 amide bonds. The normalized spacial score (nSPS) is 11.7. The Morgan fingerprint density at radius 3 is 2.71 bits per heavy atom. The lowest BCUT2D eigenvalue weighted by molar-refractivity contribution is 0.414. The fraction of sp³-hybridized carbons (Fsp3) is 0.312. The third kappa shape index (κ3) is 8.24. The van der Waals surface area contributed by atoms with E-state index in [2.05, 4.69) is 38.3 Å². The summed E-state index contributed by atoms with van der Waals surface area (Å²) in [5.41, 5.74) is 4.19. The quantitative estimate of drug-likeness (QED) is 0.115. The van der Waals surface area contributed by atoms with Gasteiger partial charge in [0.05, 0.1) is 36.4 Å². The standard InChI is InChI=1S/C32H37N9O/c1-4-8-27(10-5-6-16-35-31-15-12-25(18-33)20-37-31)41(32(34)38-19-24-9-7-11-29(17-24)42-3)28-13-14-30(36-22-28)26-21-39-40(2)23-26/h7,9,11-17,20-23,27H,4-6,8,10,19H2,1-3H3,(H2,34,38)/b35-16-/t27-/m0/s1. The molecule has 10 heteroatoms. The van der Waals surface area contributed by atoms with Crippen molar-refractivity contribution in [2.24, 2.45) is 12.0 Å². The Labute approximate surface area is 247 Å². The van der Waals surface area contributed by atoms with E-state index >= 15 is 0 Å². The predicted octanol–water partition coefficient (Wildman–Crippen LogP) is 6.03. The maximum absolute atomic E-state index is 9.11. The molecule has 0 bridgehead atoms. The highest BCUT2D eigenvalue weighted by Gasteiger charge is 2.23. The van der Waals surface area contributed by atoms with Gasteiger partial charge in [0.15, 0.2) is 11.8 Å². The van der Waals surface area contributed by atoms with E-state index in [0.717, 1.165) is 60.4 Å². The van der Waals surface area contributed by atoms with Gasteiger partial charge in [-0.1, -0.05) is 25.5 Å². The van der Waals surface area contributed by atoms with Gasteiger partial charge in [0.25, 0.3) is 0 Å². The van der Waals surface area contributed by atoms with Crippen molar-refractivity contribution in [2.75, 3.05) is 12.0 Å². The van der Waals surface area contributed by atoms with Crippen LogP contribution in [0.3, 0.4) is 0 Å². The second-order valence-electron chi connectivity index (χ2n) is 9.93. The average molecular weight is 564 g/mol. The summed E-state index contributed by atoms with van der Waals surface area (Å²) in [7, 11) is 3.54. The molecule has 4 aromatic rings. The Bertz CT molecular complexity index is 1500. The molecule has 0 fully saturated rings. The summed E-state index contributed by atoms with van der Waals surface area (Å²) in [5, 5.41) is 25.6.